The molecule has 2 aliphatic carbocycles. The lowest BCUT2D eigenvalue weighted by atomic mass is 9.93. The van der Waals surface area contributed by atoms with E-state index in [1.165, 1.54) is 41.2 Å². The molecule has 1 fully saturated rings. The van der Waals surface area contributed by atoms with Crippen molar-refractivity contribution in [3.05, 3.63) is 60.7 Å². The molecule has 1 heterocycles. The van der Waals surface area contributed by atoms with Crippen molar-refractivity contribution >= 4 is 21.8 Å². The van der Waals surface area contributed by atoms with Gasteiger partial charge in [-0.1, -0.05) is 48.6 Å². The van der Waals surface area contributed by atoms with Gasteiger partial charge in [0.2, 0.25) is 0 Å². The molecule has 0 saturated heterocycles. The summed E-state index contributed by atoms with van der Waals surface area (Å²) in [7, 11) is 0. The van der Waals surface area contributed by atoms with Gasteiger partial charge in [0.25, 0.3) is 0 Å². The normalized spacial score (nSPS) is 27.1. The van der Waals surface area contributed by atoms with Gasteiger partial charge in [-0.3, -0.25) is 0 Å². The lowest BCUT2D eigenvalue weighted by Gasteiger charge is -2.20. The fraction of sp³-hybridized carbons (Fsp3) is 0.300. The van der Waals surface area contributed by atoms with Crippen LogP contribution in [0.2, 0.25) is 0 Å². The fourth-order valence-corrected chi connectivity index (χ4v) is 4.54. The highest BCUT2D eigenvalue weighted by molar-refractivity contribution is 6.07. The number of nitrogens with zero attached hydrogens (tertiary/aromatic N) is 1. The minimum absolute atomic E-state index is 0.815. The summed E-state index contributed by atoms with van der Waals surface area (Å²) in [6.07, 6.45) is 7.67. The Morgan fingerprint density at radius 2 is 1.48 bits per heavy atom. The number of aromatic nitrogens is 1. The van der Waals surface area contributed by atoms with E-state index in [4.69, 9.17) is 0 Å². The van der Waals surface area contributed by atoms with Crippen LogP contribution in [0.15, 0.2) is 60.7 Å². The monoisotopic (exact) mass is 273 g/mol. The summed E-state index contributed by atoms with van der Waals surface area (Å²) < 4.78 is 2.56. The third kappa shape index (κ3) is 1.64. The SMILES string of the molecule is C1=CC2CC1CC2Cn1c2ccccc2c2ccccc21. The molecule has 0 amide bonds. The first-order valence-electron chi connectivity index (χ1n) is 8.04. The number of hydrogen-bond acceptors (Lipinski definition) is 0. The van der Waals surface area contributed by atoms with E-state index in [9.17, 15) is 0 Å². The van der Waals surface area contributed by atoms with Crippen LogP contribution >= 0.6 is 0 Å². The van der Waals surface area contributed by atoms with E-state index in [-0.39, 0.29) is 0 Å². The average molecular weight is 273 g/mol. The van der Waals surface area contributed by atoms with E-state index < -0.39 is 0 Å². The molecule has 0 N–H and O–H groups in total. The van der Waals surface area contributed by atoms with Crippen LogP contribution in [0, 0.1) is 17.8 Å². The molecule has 1 nitrogen and oxygen atoms in total. The zero-order valence-corrected chi connectivity index (χ0v) is 12.1. The Morgan fingerprint density at radius 3 is 2.05 bits per heavy atom. The molecule has 2 aromatic carbocycles. The predicted molar refractivity (Wildman–Crippen MR) is 88.3 cm³/mol. The molecule has 0 radical (unpaired) electrons. The molecule has 3 atom stereocenters. The second-order valence-corrected chi connectivity index (χ2v) is 6.69. The minimum atomic E-state index is 0.815. The lowest BCUT2D eigenvalue weighted by Crippen LogP contribution is -2.14. The highest BCUT2D eigenvalue weighted by Crippen LogP contribution is 2.45. The molecule has 1 heteroatoms. The Labute approximate surface area is 124 Å². The standard InChI is InChI=1S/C20H19N/c1-3-7-19-17(5-1)18-6-2-4-8-20(18)21(19)13-16-12-14-9-10-15(16)11-14/h1-10,14-16H,11-13H2. The summed E-state index contributed by atoms with van der Waals surface area (Å²) in [6, 6.07) is 17.7. The summed E-state index contributed by atoms with van der Waals surface area (Å²) in [5.41, 5.74) is 2.79. The van der Waals surface area contributed by atoms with Crippen LogP contribution in [0.3, 0.4) is 0 Å². The Morgan fingerprint density at radius 1 is 0.810 bits per heavy atom. The van der Waals surface area contributed by atoms with Gasteiger partial charge in [-0.2, -0.15) is 0 Å². The second-order valence-electron chi connectivity index (χ2n) is 6.69. The van der Waals surface area contributed by atoms with E-state index in [0.717, 1.165) is 17.8 Å². The van der Waals surface area contributed by atoms with Crippen LogP contribution in [-0.4, -0.2) is 4.57 Å². The van der Waals surface area contributed by atoms with Crippen LogP contribution in [-0.2, 0) is 6.54 Å². The Hall–Kier alpha value is -2.02. The first-order valence-corrected chi connectivity index (χ1v) is 8.04. The molecule has 3 unspecified atom stereocenters. The molecule has 3 aromatic rings. The average Bonchev–Trinajstić information content (AvgIpc) is 3.22. The van der Waals surface area contributed by atoms with E-state index in [0.29, 0.717) is 0 Å². The second kappa shape index (κ2) is 4.24. The molecule has 0 aliphatic heterocycles. The summed E-state index contributed by atoms with van der Waals surface area (Å²) in [5.74, 6) is 2.49. The Kier molecular flexibility index (Phi) is 2.34. The molecule has 5 rings (SSSR count). The summed E-state index contributed by atoms with van der Waals surface area (Å²) >= 11 is 0. The van der Waals surface area contributed by atoms with Crippen LogP contribution in [0.4, 0.5) is 0 Å². The van der Waals surface area contributed by atoms with E-state index in [2.05, 4.69) is 65.3 Å². The van der Waals surface area contributed by atoms with Crippen molar-refractivity contribution in [1.82, 2.24) is 4.57 Å². The van der Waals surface area contributed by atoms with Gasteiger partial charge in [-0.15, -0.1) is 0 Å². The van der Waals surface area contributed by atoms with Gasteiger partial charge < -0.3 is 4.57 Å². The molecule has 21 heavy (non-hydrogen) atoms. The number of benzene rings is 2. The lowest BCUT2D eigenvalue weighted by molar-refractivity contribution is 0.394. The van der Waals surface area contributed by atoms with Crippen molar-refractivity contribution in [1.29, 1.82) is 0 Å². The number of para-hydroxylation sites is 2. The largest absolute Gasteiger partial charge is 0.340 e. The van der Waals surface area contributed by atoms with Gasteiger partial charge in [0.05, 0.1) is 0 Å². The molecule has 2 aliphatic rings. The minimum Gasteiger partial charge on any atom is -0.340 e. The Balaban J connectivity index is 1.68. The van der Waals surface area contributed by atoms with Crippen molar-refractivity contribution in [2.75, 3.05) is 0 Å². The number of rotatable bonds is 2. The first-order chi connectivity index (χ1) is 10.4. The van der Waals surface area contributed by atoms with Crippen LogP contribution in [0.5, 0.6) is 0 Å². The first kappa shape index (κ1) is 11.6. The third-order valence-electron chi connectivity index (χ3n) is 5.51. The van der Waals surface area contributed by atoms with E-state index in [1.807, 2.05) is 0 Å². The van der Waals surface area contributed by atoms with Gasteiger partial charge in [-0.05, 0) is 42.7 Å². The smallest absolute Gasteiger partial charge is 0.0491 e. The summed E-state index contributed by atoms with van der Waals surface area (Å²) in [4.78, 5) is 0. The molecule has 1 saturated carbocycles. The predicted octanol–water partition coefficient (Wildman–Crippen LogP) is 5.01. The van der Waals surface area contributed by atoms with Gasteiger partial charge >= 0.3 is 0 Å². The molecular formula is C20H19N. The maximum Gasteiger partial charge on any atom is 0.0491 e. The molecule has 1 aromatic heterocycles. The Bertz CT molecular complexity index is 801. The van der Waals surface area contributed by atoms with Crippen molar-refractivity contribution in [3.63, 3.8) is 0 Å². The van der Waals surface area contributed by atoms with E-state index in [1.54, 1.807) is 0 Å². The van der Waals surface area contributed by atoms with Crippen molar-refractivity contribution in [2.45, 2.75) is 19.4 Å². The maximum absolute atomic E-state index is 2.56. The highest BCUT2D eigenvalue weighted by atomic mass is 15.0. The molecule has 2 bridgehead atoms. The number of allylic oxidation sites excluding steroid dienone is 2. The number of hydrogen-bond donors (Lipinski definition) is 0. The summed E-state index contributed by atoms with van der Waals surface area (Å²) in [5, 5.41) is 2.79. The molecule has 0 spiro atoms. The van der Waals surface area contributed by atoms with Crippen LogP contribution < -0.4 is 0 Å². The van der Waals surface area contributed by atoms with Crippen molar-refractivity contribution < 1.29 is 0 Å². The maximum atomic E-state index is 2.56. The van der Waals surface area contributed by atoms with Gasteiger partial charge in [-0.25, -0.2) is 0 Å². The zero-order valence-electron chi connectivity index (χ0n) is 12.1. The molecule has 104 valence electrons. The molecular weight excluding hydrogens is 254 g/mol. The van der Waals surface area contributed by atoms with Crippen molar-refractivity contribution in [3.8, 4) is 0 Å². The summed E-state index contributed by atoms with van der Waals surface area (Å²) in [6.45, 7) is 1.17. The van der Waals surface area contributed by atoms with Crippen LogP contribution in [0.25, 0.3) is 21.8 Å². The fourth-order valence-electron chi connectivity index (χ4n) is 4.54. The quantitative estimate of drug-likeness (QED) is 0.579. The van der Waals surface area contributed by atoms with Gasteiger partial charge in [0.15, 0.2) is 0 Å². The zero-order chi connectivity index (χ0) is 13.8. The number of fused-ring (bicyclic) bond motifs is 5. The van der Waals surface area contributed by atoms with E-state index >= 15 is 0 Å². The third-order valence-corrected chi connectivity index (χ3v) is 5.51. The van der Waals surface area contributed by atoms with Crippen molar-refractivity contribution in [2.24, 2.45) is 17.8 Å². The van der Waals surface area contributed by atoms with Gasteiger partial charge in [0, 0.05) is 28.4 Å². The van der Waals surface area contributed by atoms with Crippen LogP contribution in [0.1, 0.15) is 12.8 Å². The van der Waals surface area contributed by atoms with Gasteiger partial charge in [0.1, 0.15) is 0 Å². The highest BCUT2D eigenvalue weighted by Gasteiger charge is 2.35. The topological polar surface area (TPSA) is 4.93 Å².